The van der Waals surface area contributed by atoms with E-state index in [0.29, 0.717) is 12.6 Å². The normalized spacial score (nSPS) is 17.1. The second-order valence-electron chi connectivity index (χ2n) is 6.25. The molecule has 0 bridgehead atoms. The first kappa shape index (κ1) is 14.6. The van der Waals surface area contributed by atoms with Gasteiger partial charge in [-0.1, -0.05) is 24.3 Å². The van der Waals surface area contributed by atoms with Crippen molar-refractivity contribution in [3.8, 4) is 0 Å². The maximum atomic E-state index is 12.3. The molecule has 4 nitrogen and oxygen atoms in total. The zero-order valence-corrected chi connectivity index (χ0v) is 14.1. The Morgan fingerprint density at radius 3 is 3.09 bits per heavy atom. The summed E-state index contributed by atoms with van der Waals surface area (Å²) in [4.78, 5) is 20.1. The third-order valence-electron chi connectivity index (χ3n) is 4.67. The number of hydrogen-bond donors (Lipinski definition) is 0. The Hall–Kier alpha value is -1.98. The van der Waals surface area contributed by atoms with Crippen LogP contribution in [-0.4, -0.2) is 21.3 Å². The summed E-state index contributed by atoms with van der Waals surface area (Å²) in [6.07, 6.45) is 2.26. The Morgan fingerprint density at radius 1 is 1.39 bits per heavy atom. The zero-order chi connectivity index (χ0) is 16.0. The van der Waals surface area contributed by atoms with Crippen molar-refractivity contribution >= 4 is 16.3 Å². The molecule has 5 heteroatoms. The molecule has 0 aliphatic heterocycles. The van der Waals surface area contributed by atoms with Gasteiger partial charge in [-0.15, -0.1) is 11.3 Å². The number of thiazole rings is 1. The monoisotopic (exact) mass is 325 g/mol. The molecule has 0 amide bonds. The van der Waals surface area contributed by atoms with Crippen molar-refractivity contribution in [3.05, 3.63) is 68.6 Å². The van der Waals surface area contributed by atoms with Crippen LogP contribution >= 0.6 is 11.3 Å². The van der Waals surface area contributed by atoms with Crippen LogP contribution < -0.4 is 5.56 Å². The van der Waals surface area contributed by atoms with Gasteiger partial charge in [0.15, 0.2) is 4.96 Å². The number of fused-ring (bicyclic) bond motifs is 2. The van der Waals surface area contributed by atoms with Crippen LogP contribution in [0.15, 0.2) is 40.5 Å². The average molecular weight is 325 g/mol. The van der Waals surface area contributed by atoms with Crippen LogP contribution in [0.3, 0.4) is 0 Å². The third-order valence-corrected chi connectivity index (χ3v) is 5.62. The molecule has 0 saturated heterocycles. The van der Waals surface area contributed by atoms with Crippen LogP contribution in [0, 0.1) is 6.92 Å². The molecule has 0 saturated carbocycles. The lowest BCUT2D eigenvalue weighted by molar-refractivity contribution is 0.233. The van der Waals surface area contributed by atoms with Crippen LogP contribution in [-0.2, 0) is 13.0 Å². The van der Waals surface area contributed by atoms with Gasteiger partial charge in [-0.3, -0.25) is 14.1 Å². The molecule has 1 aromatic carbocycles. The fraction of sp³-hybridized carbons (Fsp3) is 0.333. The Labute approximate surface area is 139 Å². The molecule has 4 rings (SSSR count). The van der Waals surface area contributed by atoms with E-state index < -0.39 is 0 Å². The largest absolute Gasteiger partial charge is 0.294 e. The van der Waals surface area contributed by atoms with E-state index in [2.05, 4.69) is 41.2 Å². The molecular formula is C18H19N3OS. The quantitative estimate of drug-likeness (QED) is 0.742. The fourth-order valence-corrected chi connectivity index (χ4v) is 4.43. The van der Waals surface area contributed by atoms with Gasteiger partial charge in [-0.2, -0.15) is 0 Å². The summed E-state index contributed by atoms with van der Waals surface area (Å²) in [6.45, 7) is 2.63. The van der Waals surface area contributed by atoms with Crippen molar-refractivity contribution in [1.82, 2.24) is 14.3 Å². The zero-order valence-electron chi connectivity index (χ0n) is 13.3. The summed E-state index contributed by atoms with van der Waals surface area (Å²) in [6, 6.07) is 10.7. The summed E-state index contributed by atoms with van der Waals surface area (Å²) in [5.74, 6) is 0. The van der Waals surface area contributed by atoms with E-state index in [1.807, 2.05) is 12.3 Å². The maximum Gasteiger partial charge on any atom is 0.259 e. The van der Waals surface area contributed by atoms with Gasteiger partial charge in [-0.05, 0) is 37.9 Å². The number of aryl methyl sites for hydroxylation is 2. The number of nitrogens with zero attached hydrogens (tertiary/aromatic N) is 3. The number of benzene rings is 1. The lowest BCUT2D eigenvalue weighted by Crippen LogP contribution is -2.25. The summed E-state index contributed by atoms with van der Waals surface area (Å²) in [5.41, 5.74) is 4.68. The Bertz CT molecular complexity index is 927. The highest BCUT2D eigenvalue weighted by Gasteiger charge is 2.25. The molecule has 1 aliphatic rings. The lowest BCUT2D eigenvalue weighted by atomic mass is 10.1. The number of aromatic nitrogens is 2. The first-order valence-electron chi connectivity index (χ1n) is 7.88. The average Bonchev–Trinajstić information content (AvgIpc) is 3.11. The van der Waals surface area contributed by atoms with Gasteiger partial charge in [0, 0.05) is 29.7 Å². The fourth-order valence-electron chi connectivity index (χ4n) is 3.54. The second-order valence-corrected chi connectivity index (χ2v) is 7.09. The predicted molar refractivity (Wildman–Crippen MR) is 93.0 cm³/mol. The van der Waals surface area contributed by atoms with Crippen molar-refractivity contribution < 1.29 is 0 Å². The van der Waals surface area contributed by atoms with Gasteiger partial charge in [-0.25, -0.2) is 4.98 Å². The van der Waals surface area contributed by atoms with Crippen LogP contribution in [0.2, 0.25) is 0 Å². The predicted octanol–water partition coefficient (Wildman–Crippen LogP) is 3.18. The SMILES string of the molecule is Cc1csc2nc(CN(C)C3CCc4ccccc43)cc(=O)n12. The van der Waals surface area contributed by atoms with Gasteiger partial charge in [0.2, 0.25) is 0 Å². The second kappa shape index (κ2) is 5.58. The first-order valence-corrected chi connectivity index (χ1v) is 8.76. The summed E-state index contributed by atoms with van der Waals surface area (Å²) in [7, 11) is 2.12. The summed E-state index contributed by atoms with van der Waals surface area (Å²) < 4.78 is 1.68. The van der Waals surface area contributed by atoms with E-state index in [1.54, 1.807) is 10.5 Å². The summed E-state index contributed by atoms with van der Waals surface area (Å²) in [5, 5.41) is 1.98. The molecule has 0 N–H and O–H groups in total. The van der Waals surface area contributed by atoms with Crippen LogP contribution in [0.5, 0.6) is 0 Å². The van der Waals surface area contributed by atoms with Crippen molar-refractivity contribution in [2.75, 3.05) is 7.05 Å². The molecular weight excluding hydrogens is 306 g/mol. The molecule has 0 spiro atoms. The Balaban J connectivity index is 1.62. The van der Waals surface area contributed by atoms with E-state index in [-0.39, 0.29) is 5.56 Å². The molecule has 118 valence electrons. The molecule has 1 unspecified atom stereocenters. The van der Waals surface area contributed by atoms with Crippen molar-refractivity contribution in [1.29, 1.82) is 0 Å². The smallest absolute Gasteiger partial charge is 0.259 e. The maximum absolute atomic E-state index is 12.3. The first-order chi connectivity index (χ1) is 11.1. The minimum atomic E-state index is 0.0176. The van der Waals surface area contributed by atoms with E-state index in [9.17, 15) is 4.79 Å². The highest BCUT2D eigenvalue weighted by molar-refractivity contribution is 7.15. The minimum Gasteiger partial charge on any atom is -0.294 e. The van der Waals surface area contributed by atoms with Crippen molar-refractivity contribution in [2.45, 2.75) is 32.4 Å². The number of rotatable bonds is 3. The Kier molecular flexibility index (Phi) is 3.54. The molecule has 1 atom stereocenters. The standard InChI is InChI=1S/C18H19N3OS/c1-12-11-23-18-19-14(9-17(22)21(12)18)10-20(2)16-8-7-13-5-3-4-6-15(13)16/h3-6,9,11,16H,7-8,10H2,1-2H3. The van der Waals surface area contributed by atoms with Gasteiger partial charge >= 0.3 is 0 Å². The lowest BCUT2D eigenvalue weighted by Gasteiger charge is -2.24. The van der Waals surface area contributed by atoms with Crippen LogP contribution in [0.25, 0.3) is 4.96 Å². The van der Waals surface area contributed by atoms with Crippen LogP contribution in [0.4, 0.5) is 0 Å². The van der Waals surface area contributed by atoms with Gasteiger partial charge in [0.25, 0.3) is 5.56 Å². The number of hydrogen-bond acceptors (Lipinski definition) is 4. The van der Waals surface area contributed by atoms with Gasteiger partial charge in [0.05, 0.1) is 5.69 Å². The van der Waals surface area contributed by atoms with Crippen molar-refractivity contribution in [2.24, 2.45) is 0 Å². The highest BCUT2D eigenvalue weighted by atomic mass is 32.1. The Morgan fingerprint density at radius 2 is 2.22 bits per heavy atom. The molecule has 0 fully saturated rings. The summed E-state index contributed by atoms with van der Waals surface area (Å²) >= 11 is 1.52. The molecule has 2 aromatic heterocycles. The molecule has 2 heterocycles. The molecule has 3 aromatic rings. The topological polar surface area (TPSA) is 37.6 Å². The van der Waals surface area contributed by atoms with E-state index >= 15 is 0 Å². The van der Waals surface area contributed by atoms with E-state index in [4.69, 9.17) is 0 Å². The minimum absolute atomic E-state index is 0.0176. The van der Waals surface area contributed by atoms with Crippen LogP contribution in [0.1, 0.15) is 35.0 Å². The van der Waals surface area contributed by atoms with E-state index in [1.165, 1.54) is 22.5 Å². The molecule has 0 radical (unpaired) electrons. The van der Waals surface area contributed by atoms with Gasteiger partial charge in [0.1, 0.15) is 0 Å². The van der Waals surface area contributed by atoms with E-state index in [0.717, 1.165) is 29.2 Å². The van der Waals surface area contributed by atoms with Gasteiger partial charge < -0.3 is 0 Å². The molecule has 1 aliphatic carbocycles. The molecule has 23 heavy (non-hydrogen) atoms. The highest BCUT2D eigenvalue weighted by Crippen LogP contribution is 2.35. The third kappa shape index (κ3) is 2.50. The van der Waals surface area contributed by atoms with Crippen molar-refractivity contribution in [3.63, 3.8) is 0 Å².